The molecule has 0 saturated carbocycles. The fourth-order valence-corrected chi connectivity index (χ4v) is 2.87. The van der Waals surface area contributed by atoms with E-state index in [1.807, 2.05) is 54.1 Å². The molecule has 1 N–H and O–H groups in total. The number of nitrogens with zero attached hydrogens (tertiary/aromatic N) is 5. The lowest BCUT2D eigenvalue weighted by molar-refractivity contribution is 0.414. The summed E-state index contributed by atoms with van der Waals surface area (Å²) in [7, 11) is 3.69. The highest BCUT2D eigenvalue weighted by atomic mass is 16.5. The smallest absolute Gasteiger partial charge is 0.194 e. The van der Waals surface area contributed by atoms with Crippen LogP contribution in [0.5, 0.6) is 5.75 Å². The predicted molar refractivity (Wildman–Crippen MR) is 111 cm³/mol. The van der Waals surface area contributed by atoms with Crippen LogP contribution < -0.4 is 10.1 Å². The van der Waals surface area contributed by atoms with Gasteiger partial charge in [-0.3, -0.25) is 4.57 Å². The number of para-hydroxylation sites is 1. The third-order valence-electron chi connectivity index (χ3n) is 4.30. The number of aliphatic imine (C=N–C) groups is 1. The van der Waals surface area contributed by atoms with Crippen molar-refractivity contribution in [3.63, 3.8) is 0 Å². The van der Waals surface area contributed by atoms with Crippen LogP contribution in [-0.2, 0) is 13.1 Å². The average molecular weight is 378 g/mol. The number of nitrogens with one attached hydrogen (secondary N) is 1. The molecule has 3 aromatic rings. The number of ether oxygens (including phenoxy) is 1. The second-order valence-corrected chi connectivity index (χ2v) is 6.33. The van der Waals surface area contributed by atoms with Crippen molar-refractivity contribution in [2.75, 3.05) is 20.7 Å². The summed E-state index contributed by atoms with van der Waals surface area (Å²) in [6.07, 6.45) is 1.72. The average Bonchev–Trinajstić information content (AvgIpc) is 3.21. The zero-order valence-electron chi connectivity index (χ0n) is 16.5. The van der Waals surface area contributed by atoms with E-state index in [9.17, 15) is 0 Å². The van der Waals surface area contributed by atoms with Crippen LogP contribution in [0.4, 0.5) is 0 Å². The number of benzene rings is 2. The quantitative estimate of drug-likeness (QED) is 0.506. The molecule has 0 aliphatic heterocycles. The molecule has 0 amide bonds. The van der Waals surface area contributed by atoms with Crippen LogP contribution in [0.3, 0.4) is 0 Å². The molecule has 1 aromatic heterocycles. The molecular weight excluding hydrogens is 352 g/mol. The minimum atomic E-state index is 0.435. The van der Waals surface area contributed by atoms with E-state index < -0.39 is 0 Å². The van der Waals surface area contributed by atoms with Crippen LogP contribution in [0, 0.1) is 0 Å². The van der Waals surface area contributed by atoms with Gasteiger partial charge in [0.05, 0.1) is 7.11 Å². The molecule has 7 heteroatoms. The Labute approximate surface area is 165 Å². The zero-order chi connectivity index (χ0) is 19.8. The Kier molecular flexibility index (Phi) is 6.62. The highest BCUT2D eigenvalue weighted by Gasteiger charge is 2.10. The first-order valence-corrected chi connectivity index (χ1v) is 9.28. The summed E-state index contributed by atoms with van der Waals surface area (Å²) in [5, 5.41) is 11.6. The molecule has 2 aromatic carbocycles. The first-order valence-electron chi connectivity index (χ1n) is 9.28. The molecule has 1 heterocycles. The lowest BCUT2D eigenvalue weighted by Gasteiger charge is -2.22. The van der Waals surface area contributed by atoms with Gasteiger partial charge in [0.15, 0.2) is 11.8 Å². The van der Waals surface area contributed by atoms with Gasteiger partial charge in [0.25, 0.3) is 0 Å². The molecular formula is C21H26N6O. The molecule has 0 bridgehead atoms. The summed E-state index contributed by atoms with van der Waals surface area (Å²) in [6, 6.07) is 18.1. The topological polar surface area (TPSA) is 67.6 Å². The minimum absolute atomic E-state index is 0.435. The number of hydrogen-bond donors (Lipinski definition) is 1. The molecule has 28 heavy (non-hydrogen) atoms. The van der Waals surface area contributed by atoms with E-state index in [0.29, 0.717) is 6.54 Å². The van der Waals surface area contributed by atoms with E-state index in [1.54, 1.807) is 13.4 Å². The summed E-state index contributed by atoms with van der Waals surface area (Å²) >= 11 is 0. The van der Waals surface area contributed by atoms with Gasteiger partial charge < -0.3 is 15.0 Å². The second-order valence-electron chi connectivity index (χ2n) is 6.33. The molecule has 0 atom stereocenters. The third kappa shape index (κ3) is 4.88. The van der Waals surface area contributed by atoms with Crippen molar-refractivity contribution in [3.8, 4) is 11.4 Å². The predicted octanol–water partition coefficient (Wildman–Crippen LogP) is 2.87. The summed E-state index contributed by atoms with van der Waals surface area (Å²) in [5.41, 5.74) is 2.20. The van der Waals surface area contributed by atoms with E-state index in [-0.39, 0.29) is 0 Å². The van der Waals surface area contributed by atoms with Gasteiger partial charge in [-0.2, -0.15) is 0 Å². The first kappa shape index (κ1) is 19.4. The highest BCUT2D eigenvalue weighted by molar-refractivity contribution is 5.79. The highest BCUT2D eigenvalue weighted by Crippen LogP contribution is 2.13. The summed E-state index contributed by atoms with van der Waals surface area (Å²) in [4.78, 5) is 6.85. The maximum absolute atomic E-state index is 5.22. The standard InChI is InChI=1S/C21H26N6O/c1-4-22-21(26(2)15-17-10-12-19(28-3)13-11-17)23-14-20-25-24-16-27(20)18-8-6-5-7-9-18/h5-13,16H,4,14-15H2,1-3H3,(H,22,23). The normalized spacial score (nSPS) is 11.3. The molecule has 7 nitrogen and oxygen atoms in total. The summed E-state index contributed by atoms with van der Waals surface area (Å²) < 4.78 is 7.18. The number of guanidine groups is 1. The van der Waals surface area contributed by atoms with Gasteiger partial charge in [0.1, 0.15) is 18.6 Å². The maximum Gasteiger partial charge on any atom is 0.194 e. The molecule has 146 valence electrons. The van der Waals surface area contributed by atoms with Crippen LogP contribution in [0.25, 0.3) is 5.69 Å². The Morgan fingerprint density at radius 3 is 2.57 bits per heavy atom. The van der Waals surface area contributed by atoms with Gasteiger partial charge in [0.2, 0.25) is 0 Å². The van der Waals surface area contributed by atoms with Gasteiger partial charge in [-0.25, -0.2) is 4.99 Å². The monoisotopic (exact) mass is 378 g/mol. The Balaban J connectivity index is 1.73. The largest absolute Gasteiger partial charge is 0.497 e. The van der Waals surface area contributed by atoms with E-state index >= 15 is 0 Å². The molecule has 0 aliphatic carbocycles. The number of rotatable bonds is 7. The van der Waals surface area contributed by atoms with Crippen molar-refractivity contribution >= 4 is 5.96 Å². The number of hydrogen-bond acceptors (Lipinski definition) is 4. The van der Waals surface area contributed by atoms with Crippen molar-refractivity contribution in [1.82, 2.24) is 25.0 Å². The number of aromatic nitrogens is 3. The molecule has 3 rings (SSSR count). The Hall–Kier alpha value is -3.35. The lowest BCUT2D eigenvalue weighted by Crippen LogP contribution is -2.38. The molecule has 0 fully saturated rings. The van der Waals surface area contributed by atoms with Crippen LogP contribution in [-0.4, -0.2) is 46.3 Å². The summed E-state index contributed by atoms with van der Waals surface area (Å²) in [6.45, 7) is 4.02. The van der Waals surface area contributed by atoms with Crippen molar-refractivity contribution in [2.45, 2.75) is 20.0 Å². The van der Waals surface area contributed by atoms with Gasteiger partial charge in [-0.05, 0) is 36.8 Å². The molecule has 0 saturated heterocycles. The summed E-state index contributed by atoms with van der Waals surface area (Å²) in [5.74, 6) is 2.47. The van der Waals surface area contributed by atoms with Crippen molar-refractivity contribution in [2.24, 2.45) is 4.99 Å². The second kappa shape index (κ2) is 9.55. The number of methoxy groups -OCH3 is 1. The van der Waals surface area contributed by atoms with E-state index in [0.717, 1.165) is 36.3 Å². The van der Waals surface area contributed by atoms with Gasteiger partial charge in [-0.1, -0.05) is 30.3 Å². The third-order valence-corrected chi connectivity index (χ3v) is 4.30. The Morgan fingerprint density at radius 2 is 1.89 bits per heavy atom. The molecule has 0 radical (unpaired) electrons. The minimum Gasteiger partial charge on any atom is -0.497 e. The Bertz CT molecular complexity index is 889. The van der Waals surface area contributed by atoms with Crippen molar-refractivity contribution in [1.29, 1.82) is 0 Å². The van der Waals surface area contributed by atoms with Gasteiger partial charge >= 0.3 is 0 Å². The molecule has 0 unspecified atom stereocenters. The Morgan fingerprint density at radius 1 is 1.14 bits per heavy atom. The van der Waals surface area contributed by atoms with Gasteiger partial charge in [-0.15, -0.1) is 10.2 Å². The molecule has 0 aliphatic rings. The zero-order valence-corrected chi connectivity index (χ0v) is 16.5. The van der Waals surface area contributed by atoms with Gasteiger partial charge in [0, 0.05) is 25.8 Å². The SMILES string of the molecule is CCNC(=NCc1nncn1-c1ccccc1)N(C)Cc1ccc(OC)cc1. The van der Waals surface area contributed by atoms with Crippen LogP contribution >= 0.6 is 0 Å². The first-order chi connectivity index (χ1) is 13.7. The maximum atomic E-state index is 5.22. The van der Waals surface area contributed by atoms with Crippen LogP contribution in [0.1, 0.15) is 18.3 Å². The van der Waals surface area contributed by atoms with Crippen LogP contribution in [0.15, 0.2) is 65.9 Å². The van der Waals surface area contributed by atoms with E-state index in [4.69, 9.17) is 9.73 Å². The van der Waals surface area contributed by atoms with Crippen molar-refractivity contribution < 1.29 is 4.74 Å². The molecule has 0 spiro atoms. The van der Waals surface area contributed by atoms with E-state index in [1.165, 1.54) is 5.56 Å². The van der Waals surface area contributed by atoms with E-state index in [2.05, 4.69) is 39.5 Å². The van der Waals surface area contributed by atoms with Crippen LogP contribution in [0.2, 0.25) is 0 Å². The van der Waals surface area contributed by atoms with Crippen molar-refractivity contribution in [3.05, 3.63) is 72.3 Å². The fraction of sp³-hybridized carbons (Fsp3) is 0.286. The lowest BCUT2D eigenvalue weighted by atomic mass is 10.2. The fourth-order valence-electron chi connectivity index (χ4n) is 2.87.